The van der Waals surface area contributed by atoms with Crippen LogP contribution in [0.3, 0.4) is 0 Å². The highest BCUT2D eigenvalue weighted by Crippen LogP contribution is 2.25. The molecule has 2 heterocycles. The van der Waals surface area contributed by atoms with Gasteiger partial charge in [0.25, 0.3) is 0 Å². The zero-order valence-corrected chi connectivity index (χ0v) is 19.4. The summed E-state index contributed by atoms with van der Waals surface area (Å²) in [7, 11) is 0. The molecule has 1 saturated heterocycles. The third-order valence-corrected chi connectivity index (χ3v) is 5.94. The van der Waals surface area contributed by atoms with Crippen LogP contribution in [0.25, 0.3) is 5.69 Å². The first-order valence-electron chi connectivity index (χ1n) is 10.3. The van der Waals surface area contributed by atoms with E-state index in [1.807, 2.05) is 47.9 Å². The van der Waals surface area contributed by atoms with Gasteiger partial charge in [0.15, 0.2) is 11.0 Å². The second kappa shape index (κ2) is 10.6. The summed E-state index contributed by atoms with van der Waals surface area (Å²) in [4.78, 5) is 25.4. The van der Waals surface area contributed by atoms with Gasteiger partial charge in [-0.2, -0.15) is 0 Å². The summed E-state index contributed by atoms with van der Waals surface area (Å²) in [5.41, 5.74) is 0.781. The number of amides is 3. The number of carbonyl (C=O) groups excluding carboxylic acids is 2. The van der Waals surface area contributed by atoms with Crippen LogP contribution in [-0.4, -0.2) is 57.1 Å². The molecule has 1 N–H and O–H groups in total. The van der Waals surface area contributed by atoms with Crippen molar-refractivity contribution in [1.82, 2.24) is 25.0 Å². The van der Waals surface area contributed by atoms with Gasteiger partial charge in [0.2, 0.25) is 5.91 Å². The first kappa shape index (κ1) is 22.9. The lowest BCUT2D eigenvalue weighted by Gasteiger charge is -2.13. The van der Waals surface area contributed by atoms with Crippen LogP contribution in [-0.2, 0) is 11.4 Å². The number of halogens is 1. The van der Waals surface area contributed by atoms with Crippen molar-refractivity contribution in [3.63, 3.8) is 0 Å². The van der Waals surface area contributed by atoms with E-state index in [1.165, 1.54) is 16.7 Å². The lowest BCUT2D eigenvalue weighted by molar-refractivity contribution is -0.124. The van der Waals surface area contributed by atoms with E-state index in [2.05, 4.69) is 15.5 Å². The average Bonchev–Trinajstić information content (AvgIpc) is 3.44. The monoisotopic (exact) mass is 487 g/mol. The van der Waals surface area contributed by atoms with E-state index in [4.69, 9.17) is 21.1 Å². The molecule has 172 valence electrons. The Morgan fingerprint density at radius 2 is 1.79 bits per heavy atom. The van der Waals surface area contributed by atoms with Crippen LogP contribution in [0.1, 0.15) is 12.7 Å². The van der Waals surface area contributed by atoms with Gasteiger partial charge in [0.1, 0.15) is 18.1 Å². The van der Waals surface area contributed by atoms with Crippen molar-refractivity contribution >= 4 is 35.3 Å². The predicted molar refractivity (Wildman–Crippen MR) is 124 cm³/mol. The summed E-state index contributed by atoms with van der Waals surface area (Å²) in [5, 5.41) is 12.3. The Kier molecular flexibility index (Phi) is 7.36. The highest BCUT2D eigenvalue weighted by molar-refractivity contribution is 7.99. The highest BCUT2D eigenvalue weighted by atomic mass is 35.5. The van der Waals surface area contributed by atoms with Gasteiger partial charge in [-0.05, 0) is 55.5 Å². The number of nitrogens with zero attached hydrogens (tertiary/aromatic N) is 4. The molecule has 0 radical (unpaired) electrons. The fourth-order valence-corrected chi connectivity index (χ4v) is 4.17. The van der Waals surface area contributed by atoms with Crippen molar-refractivity contribution in [2.75, 3.05) is 25.4 Å². The van der Waals surface area contributed by atoms with E-state index in [1.54, 1.807) is 12.1 Å². The van der Waals surface area contributed by atoms with E-state index in [-0.39, 0.29) is 24.3 Å². The summed E-state index contributed by atoms with van der Waals surface area (Å²) < 4.78 is 13.2. The Morgan fingerprint density at radius 3 is 2.42 bits per heavy atom. The van der Waals surface area contributed by atoms with Crippen LogP contribution < -0.4 is 14.8 Å². The maximum absolute atomic E-state index is 12.4. The molecule has 9 nitrogen and oxygen atoms in total. The maximum atomic E-state index is 12.4. The lowest BCUT2D eigenvalue weighted by Crippen LogP contribution is -2.35. The van der Waals surface area contributed by atoms with Crippen molar-refractivity contribution < 1.29 is 19.1 Å². The number of nitrogens with one attached hydrogen (secondary N) is 1. The van der Waals surface area contributed by atoms with E-state index in [0.717, 1.165) is 11.4 Å². The van der Waals surface area contributed by atoms with Crippen molar-refractivity contribution in [2.24, 2.45) is 0 Å². The minimum Gasteiger partial charge on any atom is -0.494 e. The van der Waals surface area contributed by atoms with E-state index >= 15 is 0 Å². The topological polar surface area (TPSA) is 98.6 Å². The lowest BCUT2D eigenvalue weighted by atomic mass is 10.3. The van der Waals surface area contributed by atoms with Gasteiger partial charge in [0, 0.05) is 23.8 Å². The second-order valence-electron chi connectivity index (χ2n) is 6.97. The number of hydrogen-bond donors (Lipinski definition) is 1. The molecule has 0 bridgehead atoms. The molecule has 1 aliphatic rings. The Balaban J connectivity index is 1.51. The molecule has 3 amide bonds. The zero-order chi connectivity index (χ0) is 23.2. The summed E-state index contributed by atoms with van der Waals surface area (Å²) >= 11 is 7.26. The number of rotatable bonds is 9. The van der Waals surface area contributed by atoms with E-state index in [9.17, 15) is 9.59 Å². The molecule has 33 heavy (non-hydrogen) atoms. The molecule has 1 aromatic heterocycles. The van der Waals surface area contributed by atoms with Crippen molar-refractivity contribution in [3.05, 3.63) is 59.4 Å². The molecule has 0 atom stereocenters. The van der Waals surface area contributed by atoms with Crippen molar-refractivity contribution in [2.45, 2.75) is 18.7 Å². The number of benzene rings is 2. The molecule has 3 aromatic rings. The SMILES string of the molecule is CCOc1ccc(OCc2nnc(SCC(=O)N3CCNC3=O)n2-c2ccc(Cl)cc2)cc1. The average molecular weight is 488 g/mol. The second-order valence-corrected chi connectivity index (χ2v) is 8.35. The van der Waals surface area contributed by atoms with E-state index in [0.29, 0.717) is 41.4 Å². The first-order valence-corrected chi connectivity index (χ1v) is 11.7. The Morgan fingerprint density at radius 1 is 1.09 bits per heavy atom. The maximum Gasteiger partial charge on any atom is 0.324 e. The smallest absolute Gasteiger partial charge is 0.324 e. The minimum absolute atomic E-state index is 0.0545. The van der Waals surface area contributed by atoms with Gasteiger partial charge in [0.05, 0.1) is 12.4 Å². The molecule has 1 fully saturated rings. The van der Waals surface area contributed by atoms with Gasteiger partial charge in [-0.3, -0.25) is 14.3 Å². The number of imide groups is 1. The fraction of sp³-hybridized carbons (Fsp3) is 0.273. The molecule has 0 aliphatic carbocycles. The van der Waals surface area contributed by atoms with E-state index < -0.39 is 0 Å². The summed E-state index contributed by atoms with van der Waals surface area (Å²) in [6.45, 7) is 3.51. The zero-order valence-electron chi connectivity index (χ0n) is 17.9. The standard InChI is InChI=1S/C22H22ClN5O4S/c1-2-31-17-7-9-18(10-8-17)32-13-19-25-26-22(28(19)16-5-3-15(23)4-6-16)33-14-20(29)27-12-11-24-21(27)30/h3-10H,2,11-14H2,1H3,(H,24,30). The van der Waals surface area contributed by atoms with Crippen LogP contribution in [0, 0.1) is 0 Å². The molecule has 4 rings (SSSR count). The van der Waals surface area contributed by atoms with Crippen LogP contribution in [0.5, 0.6) is 11.5 Å². The highest BCUT2D eigenvalue weighted by Gasteiger charge is 2.26. The van der Waals surface area contributed by atoms with Crippen LogP contribution in [0.15, 0.2) is 53.7 Å². The molecule has 0 spiro atoms. The quantitative estimate of drug-likeness (QED) is 0.461. The van der Waals surface area contributed by atoms with Crippen LogP contribution >= 0.6 is 23.4 Å². The van der Waals surface area contributed by atoms with Gasteiger partial charge < -0.3 is 14.8 Å². The van der Waals surface area contributed by atoms with Crippen LogP contribution in [0.4, 0.5) is 4.79 Å². The third-order valence-electron chi connectivity index (χ3n) is 4.77. The van der Waals surface area contributed by atoms with Gasteiger partial charge in [-0.15, -0.1) is 10.2 Å². The van der Waals surface area contributed by atoms with Gasteiger partial charge in [-0.1, -0.05) is 23.4 Å². The first-order chi connectivity index (χ1) is 16.0. The number of hydrogen-bond acceptors (Lipinski definition) is 7. The molecule has 1 aliphatic heterocycles. The molecule has 0 saturated carbocycles. The van der Waals surface area contributed by atoms with Gasteiger partial charge >= 0.3 is 6.03 Å². The van der Waals surface area contributed by atoms with Crippen molar-refractivity contribution in [1.29, 1.82) is 0 Å². The molecule has 11 heteroatoms. The van der Waals surface area contributed by atoms with Crippen LogP contribution in [0.2, 0.25) is 5.02 Å². The Labute approximate surface area is 200 Å². The molecular formula is C22H22ClN5O4S. The number of ether oxygens (including phenoxy) is 2. The van der Waals surface area contributed by atoms with Gasteiger partial charge in [-0.25, -0.2) is 4.79 Å². The van der Waals surface area contributed by atoms with Crippen molar-refractivity contribution in [3.8, 4) is 17.2 Å². The summed E-state index contributed by atoms with van der Waals surface area (Å²) in [5.74, 6) is 1.75. The number of carbonyl (C=O) groups is 2. The summed E-state index contributed by atoms with van der Waals surface area (Å²) in [6.07, 6.45) is 0. The normalized spacial score (nSPS) is 13.2. The Hall–Kier alpha value is -3.24. The Bertz CT molecular complexity index is 1120. The minimum atomic E-state index is -0.371. The predicted octanol–water partition coefficient (Wildman–Crippen LogP) is 3.54. The fourth-order valence-electron chi connectivity index (χ4n) is 3.20. The number of aromatic nitrogens is 3. The number of urea groups is 1. The molecular weight excluding hydrogens is 466 g/mol. The third kappa shape index (κ3) is 5.58. The number of thioether (sulfide) groups is 1. The molecule has 0 unspecified atom stereocenters. The summed E-state index contributed by atoms with van der Waals surface area (Å²) in [6, 6.07) is 14.2. The largest absolute Gasteiger partial charge is 0.494 e. The molecule has 2 aromatic carbocycles.